The first-order valence-corrected chi connectivity index (χ1v) is 11.0. The van der Waals surface area contributed by atoms with Crippen molar-refractivity contribution in [2.45, 2.75) is 32.1 Å². The molecule has 1 aliphatic carbocycles. The molecule has 29 heavy (non-hydrogen) atoms. The Morgan fingerprint density at radius 1 is 1.14 bits per heavy atom. The summed E-state index contributed by atoms with van der Waals surface area (Å²) in [6.07, 6.45) is 5.05. The Balaban J connectivity index is 1.62. The third-order valence-corrected chi connectivity index (χ3v) is 6.55. The number of thiophene rings is 1. The average Bonchev–Trinajstić information content (AvgIpc) is 2.88. The molecule has 1 aromatic rings. The van der Waals surface area contributed by atoms with Gasteiger partial charge in [-0.15, -0.1) is 11.3 Å². The van der Waals surface area contributed by atoms with Crippen LogP contribution in [-0.2, 0) is 31.9 Å². The molecule has 2 heterocycles. The maximum absolute atomic E-state index is 12.6. The molecule has 1 fully saturated rings. The van der Waals surface area contributed by atoms with Crippen molar-refractivity contribution >= 4 is 34.1 Å². The van der Waals surface area contributed by atoms with Crippen LogP contribution in [0.15, 0.2) is 0 Å². The Hall–Kier alpha value is -1.97. The van der Waals surface area contributed by atoms with Crippen LogP contribution in [0.1, 0.15) is 40.1 Å². The number of hydrogen-bond acceptors (Lipinski definition) is 6. The van der Waals surface area contributed by atoms with E-state index in [0.717, 1.165) is 42.6 Å². The first kappa shape index (κ1) is 21.7. The largest absolute Gasteiger partial charge is 0.465 e. The van der Waals surface area contributed by atoms with E-state index < -0.39 is 5.97 Å². The zero-order chi connectivity index (χ0) is 20.8. The van der Waals surface area contributed by atoms with E-state index in [1.54, 1.807) is 4.90 Å². The van der Waals surface area contributed by atoms with Gasteiger partial charge in [-0.05, 0) is 31.2 Å². The smallest absolute Gasteiger partial charge is 0.341 e. The van der Waals surface area contributed by atoms with Crippen molar-refractivity contribution in [1.82, 2.24) is 4.90 Å². The molecule has 1 aromatic heterocycles. The molecule has 9 heteroatoms. The number of nitrogens with zero attached hydrogens (tertiary/aromatic N) is 1. The number of anilines is 1. The molecule has 2 N–H and O–H groups in total. The molecule has 0 spiro atoms. The van der Waals surface area contributed by atoms with Crippen LogP contribution in [0.5, 0.6) is 0 Å². The van der Waals surface area contributed by atoms with Gasteiger partial charge in [-0.1, -0.05) is 6.42 Å². The summed E-state index contributed by atoms with van der Waals surface area (Å²) >= 11 is 1.48. The fraction of sp³-hybridized carbons (Fsp3) is 0.650. The second-order valence-corrected chi connectivity index (χ2v) is 8.72. The van der Waals surface area contributed by atoms with Crippen molar-refractivity contribution in [1.29, 1.82) is 0 Å². The zero-order valence-corrected chi connectivity index (χ0v) is 18.0. The van der Waals surface area contributed by atoms with Gasteiger partial charge in [-0.3, -0.25) is 9.59 Å². The monoisotopic (exact) mass is 424 g/mol. The number of amides is 2. The Kier molecular flexibility index (Phi) is 7.63. The zero-order valence-electron chi connectivity index (χ0n) is 17.2. The molecule has 1 atom stereocenters. The van der Waals surface area contributed by atoms with Crippen LogP contribution in [0.3, 0.4) is 0 Å². The minimum Gasteiger partial charge on any atom is -0.465 e. The molecule has 0 bridgehead atoms. The van der Waals surface area contributed by atoms with Gasteiger partial charge in [-0.25, -0.2) is 4.79 Å². The predicted molar refractivity (Wildman–Crippen MR) is 110 cm³/mol. The van der Waals surface area contributed by atoms with Gasteiger partial charge < -0.3 is 24.6 Å². The van der Waals surface area contributed by atoms with Crippen LogP contribution in [-0.4, -0.2) is 76.2 Å². The van der Waals surface area contributed by atoms with Gasteiger partial charge in [0.1, 0.15) is 5.00 Å². The van der Waals surface area contributed by atoms with Gasteiger partial charge in [0.2, 0.25) is 0 Å². The van der Waals surface area contributed by atoms with Crippen LogP contribution in [0.2, 0.25) is 0 Å². The molecule has 1 aliphatic heterocycles. The summed E-state index contributed by atoms with van der Waals surface area (Å²) in [5.41, 5.74) is 1.53. The molecule has 0 radical (unpaired) electrons. The number of methoxy groups -OCH3 is 1. The van der Waals surface area contributed by atoms with E-state index in [1.807, 2.05) is 7.05 Å². The van der Waals surface area contributed by atoms with Crippen LogP contribution in [0.4, 0.5) is 5.00 Å². The van der Waals surface area contributed by atoms with Crippen LogP contribution >= 0.6 is 11.3 Å². The summed E-state index contributed by atoms with van der Waals surface area (Å²) in [4.78, 5) is 41.1. The van der Waals surface area contributed by atoms with Gasteiger partial charge in [0.25, 0.3) is 11.8 Å². The molecule has 8 nitrogen and oxygen atoms in total. The molecular weight excluding hydrogens is 394 g/mol. The third-order valence-electron chi connectivity index (χ3n) is 5.34. The summed E-state index contributed by atoms with van der Waals surface area (Å²) < 4.78 is 10.2. The first-order valence-electron chi connectivity index (χ1n) is 10.2. The fourth-order valence-corrected chi connectivity index (χ4v) is 5.13. The molecule has 2 amide bonds. The minimum absolute atomic E-state index is 0.0247. The number of hydrogen-bond donors (Lipinski definition) is 2. The number of carbonyl (C=O) groups excluding carboxylic acids is 3. The van der Waals surface area contributed by atoms with Crippen molar-refractivity contribution in [3.63, 3.8) is 0 Å². The number of nitrogens with one attached hydrogen (secondary N) is 2. The van der Waals surface area contributed by atoms with Crippen LogP contribution in [0, 0.1) is 0 Å². The first-order chi connectivity index (χ1) is 14.0. The number of quaternary nitrogens is 1. The summed E-state index contributed by atoms with van der Waals surface area (Å²) in [5, 5.41) is 3.47. The Morgan fingerprint density at radius 3 is 2.59 bits per heavy atom. The summed E-state index contributed by atoms with van der Waals surface area (Å²) in [6, 6.07) is 0. The minimum atomic E-state index is -0.400. The number of aryl methyl sites for hydroxylation is 1. The van der Waals surface area contributed by atoms with Crippen molar-refractivity contribution in [3.05, 3.63) is 16.0 Å². The molecule has 2 aliphatic rings. The Bertz CT molecular complexity index is 758. The van der Waals surface area contributed by atoms with Gasteiger partial charge >= 0.3 is 5.97 Å². The topological polar surface area (TPSA) is 89.4 Å². The third kappa shape index (κ3) is 5.55. The second kappa shape index (κ2) is 10.2. The van der Waals surface area contributed by atoms with Crippen molar-refractivity contribution in [2.24, 2.45) is 0 Å². The molecule has 0 aromatic carbocycles. The lowest BCUT2D eigenvalue weighted by molar-refractivity contribution is -0.862. The Labute approximate surface area is 175 Å². The SMILES string of the molecule is COC(=O)c1c(NC(=O)C[NH+](C)CC(=O)N2CCOCC2)sc2c1CCCCC2. The highest BCUT2D eigenvalue weighted by Crippen LogP contribution is 2.37. The summed E-state index contributed by atoms with van der Waals surface area (Å²) in [6.45, 7) is 2.72. The van der Waals surface area contributed by atoms with Crippen molar-refractivity contribution in [2.75, 3.05) is 58.9 Å². The Morgan fingerprint density at radius 2 is 1.86 bits per heavy atom. The average molecular weight is 425 g/mol. The van der Waals surface area contributed by atoms with Crippen molar-refractivity contribution in [3.8, 4) is 0 Å². The van der Waals surface area contributed by atoms with E-state index in [2.05, 4.69) is 5.32 Å². The molecule has 1 saturated heterocycles. The van der Waals surface area contributed by atoms with Gasteiger partial charge in [0.15, 0.2) is 13.1 Å². The lowest BCUT2D eigenvalue weighted by atomic mass is 10.1. The van der Waals surface area contributed by atoms with E-state index >= 15 is 0 Å². The van der Waals surface area contributed by atoms with Gasteiger partial charge in [0, 0.05) is 18.0 Å². The quantitative estimate of drug-likeness (QED) is 0.500. The summed E-state index contributed by atoms with van der Waals surface area (Å²) in [7, 11) is 3.19. The maximum atomic E-state index is 12.6. The van der Waals surface area contributed by atoms with E-state index in [-0.39, 0.29) is 24.9 Å². The number of rotatable bonds is 6. The predicted octanol–water partition coefficient (Wildman–Crippen LogP) is 0.116. The lowest BCUT2D eigenvalue weighted by Crippen LogP contribution is -3.11. The second-order valence-electron chi connectivity index (χ2n) is 7.61. The highest BCUT2D eigenvalue weighted by Gasteiger charge is 2.27. The van der Waals surface area contributed by atoms with Crippen LogP contribution in [0.25, 0.3) is 0 Å². The van der Waals surface area contributed by atoms with Crippen molar-refractivity contribution < 1.29 is 28.8 Å². The van der Waals surface area contributed by atoms with E-state index in [9.17, 15) is 14.4 Å². The summed E-state index contributed by atoms with van der Waals surface area (Å²) in [5.74, 6) is -0.585. The number of fused-ring (bicyclic) bond motifs is 1. The number of esters is 1. The van der Waals surface area contributed by atoms with E-state index in [4.69, 9.17) is 9.47 Å². The molecule has 1 unspecified atom stereocenters. The van der Waals surface area contributed by atoms with Gasteiger partial charge in [0.05, 0.1) is 32.9 Å². The number of likely N-dealkylation sites (N-methyl/N-ethyl adjacent to an activating group) is 1. The highest BCUT2D eigenvalue weighted by molar-refractivity contribution is 7.17. The van der Waals surface area contributed by atoms with E-state index in [0.29, 0.717) is 36.9 Å². The van der Waals surface area contributed by atoms with Crippen LogP contribution < -0.4 is 10.2 Å². The molecule has 160 valence electrons. The molecule has 3 rings (SSSR count). The maximum Gasteiger partial charge on any atom is 0.341 e. The lowest BCUT2D eigenvalue weighted by Gasteiger charge is -2.27. The van der Waals surface area contributed by atoms with E-state index in [1.165, 1.54) is 23.3 Å². The van der Waals surface area contributed by atoms with Gasteiger partial charge in [-0.2, -0.15) is 0 Å². The standard InChI is InChI=1S/C20H29N3O5S/c1-22(13-17(25)23-8-10-28-11-9-23)12-16(24)21-19-18(20(26)27-2)14-6-4-3-5-7-15(14)29-19/h3-13H2,1-2H3,(H,21,24)/p+1. The highest BCUT2D eigenvalue weighted by atomic mass is 32.1. The number of ether oxygens (including phenoxy) is 2. The molecule has 0 saturated carbocycles. The number of morpholine rings is 1. The normalized spacial score (nSPS) is 17.8. The fourth-order valence-electron chi connectivity index (χ4n) is 3.84. The molecular formula is C20H30N3O5S+. The number of carbonyl (C=O) groups is 3.